The third-order valence-corrected chi connectivity index (χ3v) is 3.49. The number of aromatic nitrogens is 1. The second-order valence-corrected chi connectivity index (χ2v) is 5.39. The van der Waals surface area contributed by atoms with E-state index in [2.05, 4.69) is 21.7 Å². The predicted molar refractivity (Wildman–Crippen MR) is 97.8 cm³/mol. The summed E-state index contributed by atoms with van der Waals surface area (Å²) in [4.78, 5) is 16.1. The molecule has 26 heavy (non-hydrogen) atoms. The molecule has 128 valence electrons. The van der Waals surface area contributed by atoms with Gasteiger partial charge < -0.3 is 15.4 Å². The molecule has 0 aliphatic rings. The molecule has 6 heteroatoms. The molecule has 0 spiro atoms. The number of benzene rings is 2. The number of rotatable bonds is 5. The molecule has 0 unspecified atom stereocenters. The fourth-order valence-corrected chi connectivity index (χ4v) is 2.19. The minimum absolute atomic E-state index is 0.309. The van der Waals surface area contributed by atoms with Crippen LogP contribution in [0, 0.1) is 11.3 Å². The molecular weight excluding hydrogens is 328 g/mol. The van der Waals surface area contributed by atoms with Crippen molar-refractivity contribution in [2.75, 3.05) is 5.32 Å². The number of nitrogens with zero attached hydrogens (tertiary/aromatic N) is 2. The van der Waals surface area contributed by atoms with Gasteiger partial charge in [-0.15, -0.1) is 0 Å². The van der Waals surface area contributed by atoms with E-state index < -0.39 is 0 Å². The van der Waals surface area contributed by atoms with E-state index in [1.807, 2.05) is 18.2 Å². The van der Waals surface area contributed by atoms with E-state index in [0.29, 0.717) is 29.3 Å². The zero-order chi connectivity index (χ0) is 18.2. The molecule has 3 aromatic rings. The molecule has 1 aromatic heterocycles. The summed E-state index contributed by atoms with van der Waals surface area (Å²) in [6.45, 7) is 0.354. The summed E-state index contributed by atoms with van der Waals surface area (Å²) >= 11 is 0. The highest BCUT2D eigenvalue weighted by Crippen LogP contribution is 2.23. The second kappa shape index (κ2) is 8.31. The maximum atomic E-state index is 11.9. The molecule has 0 bridgehead atoms. The number of urea groups is 1. The predicted octanol–water partition coefficient (Wildman–Crippen LogP) is 4.07. The Morgan fingerprint density at radius 2 is 1.69 bits per heavy atom. The quantitative estimate of drug-likeness (QED) is 0.730. The zero-order valence-electron chi connectivity index (χ0n) is 13.8. The Morgan fingerprint density at radius 1 is 1.00 bits per heavy atom. The van der Waals surface area contributed by atoms with Gasteiger partial charge >= 0.3 is 6.03 Å². The molecular formula is C20H16N4O2. The maximum Gasteiger partial charge on any atom is 0.319 e. The Kier molecular flexibility index (Phi) is 5.43. The highest BCUT2D eigenvalue weighted by molar-refractivity contribution is 5.89. The monoisotopic (exact) mass is 344 g/mol. The first-order valence-corrected chi connectivity index (χ1v) is 7.96. The van der Waals surface area contributed by atoms with E-state index in [4.69, 9.17) is 10.00 Å². The lowest BCUT2D eigenvalue weighted by Gasteiger charge is -2.09. The van der Waals surface area contributed by atoms with Gasteiger partial charge in [0.05, 0.1) is 23.9 Å². The summed E-state index contributed by atoms with van der Waals surface area (Å²) in [5.41, 5.74) is 2.01. The fraction of sp³-hybridized carbons (Fsp3) is 0.0500. The Balaban J connectivity index is 1.52. The number of anilines is 1. The van der Waals surface area contributed by atoms with Crippen molar-refractivity contribution >= 4 is 11.7 Å². The number of hydrogen-bond acceptors (Lipinski definition) is 4. The SMILES string of the molecule is N#Cc1ccc(Oc2ccc(NC(=O)NCc3ccccn3)cc2)cc1. The van der Waals surface area contributed by atoms with Gasteiger partial charge in [0.25, 0.3) is 0 Å². The van der Waals surface area contributed by atoms with Crippen molar-refractivity contribution in [3.8, 4) is 17.6 Å². The lowest BCUT2D eigenvalue weighted by Crippen LogP contribution is -2.28. The van der Waals surface area contributed by atoms with Crippen molar-refractivity contribution in [3.05, 3.63) is 84.2 Å². The zero-order valence-corrected chi connectivity index (χ0v) is 13.8. The standard InChI is InChI=1S/C20H16N4O2/c21-13-15-4-8-18(9-5-15)26-19-10-6-16(7-11-19)24-20(25)23-14-17-3-1-2-12-22-17/h1-12H,14H2,(H2,23,24,25). The summed E-state index contributed by atoms with van der Waals surface area (Å²) in [5.74, 6) is 1.27. The van der Waals surface area contributed by atoms with Crippen LogP contribution < -0.4 is 15.4 Å². The highest BCUT2D eigenvalue weighted by atomic mass is 16.5. The number of carbonyl (C=O) groups is 1. The van der Waals surface area contributed by atoms with Gasteiger partial charge in [-0.25, -0.2) is 4.79 Å². The first-order chi connectivity index (χ1) is 12.7. The largest absolute Gasteiger partial charge is 0.457 e. The van der Waals surface area contributed by atoms with Gasteiger partial charge in [0.1, 0.15) is 11.5 Å². The Morgan fingerprint density at radius 3 is 2.31 bits per heavy atom. The number of nitrogens with one attached hydrogen (secondary N) is 2. The molecule has 0 aliphatic heterocycles. The van der Waals surface area contributed by atoms with Crippen molar-refractivity contribution in [2.45, 2.75) is 6.54 Å². The Bertz CT molecular complexity index is 901. The molecule has 2 N–H and O–H groups in total. The molecule has 2 aromatic carbocycles. The van der Waals surface area contributed by atoms with Crippen LogP contribution in [0.2, 0.25) is 0 Å². The van der Waals surface area contributed by atoms with Gasteiger partial charge in [0.2, 0.25) is 0 Å². The average Bonchev–Trinajstić information content (AvgIpc) is 2.69. The van der Waals surface area contributed by atoms with E-state index in [1.165, 1.54) is 0 Å². The van der Waals surface area contributed by atoms with Gasteiger partial charge in [0, 0.05) is 11.9 Å². The number of pyridine rings is 1. The van der Waals surface area contributed by atoms with E-state index in [-0.39, 0.29) is 6.03 Å². The van der Waals surface area contributed by atoms with Crippen molar-refractivity contribution < 1.29 is 9.53 Å². The van der Waals surface area contributed by atoms with E-state index in [0.717, 1.165) is 5.69 Å². The van der Waals surface area contributed by atoms with Crippen LogP contribution in [-0.4, -0.2) is 11.0 Å². The Labute approximate surface area is 151 Å². The average molecular weight is 344 g/mol. The molecule has 0 saturated heterocycles. The van der Waals surface area contributed by atoms with Crippen molar-refractivity contribution in [1.29, 1.82) is 5.26 Å². The van der Waals surface area contributed by atoms with Gasteiger partial charge in [-0.3, -0.25) is 4.98 Å². The fourth-order valence-electron chi connectivity index (χ4n) is 2.19. The smallest absolute Gasteiger partial charge is 0.319 e. The van der Waals surface area contributed by atoms with Crippen LogP contribution in [0.25, 0.3) is 0 Å². The van der Waals surface area contributed by atoms with Crippen LogP contribution in [-0.2, 0) is 6.54 Å². The lowest BCUT2D eigenvalue weighted by molar-refractivity contribution is 0.251. The lowest BCUT2D eigenvalue weighted by atomic mass is 10.2. The summed E-state index contributed by atoms with van der Waals surface area (Å²) < 4.78 is 5.70. The first kappa shape index (κ1) is 17.0. The van der Waals surface area contributed by atoms with Crippen molar-refractivity contribution in [2.24, 2.45) is 0 Å². The molecule has 0 radical (unpaired) electrons. The molecule has 3 rings (SSSR count). The molecule has 1 heterocycles. The second-order valence-electron chi connectivity index (χ2n) is 5.39. The molecule has 2 amide bonds. The van der Waals surface area contributed by atoms with Gasteiger partial charge in [-0.1, -0.05) is 6.07 Å². The van der Waals surface area contributed by atoms with Crippen LogP contribution in [0.1, 0.15) is 11.3 Å². The number of hydrogen-bond donors (Lipinski definition) is 2. The van der Waals surface area contributed by atoms with Gasteiger partial charge in [0.15, 0.2) is 0 Å². The van der Waals surface area contributed by atoms with Crippen molar-refractivity contribution in [3.63, 3.8) is 0 Å². The summed E-state index contributed by atoms with van der Waals surface area (Å²) in [6.07, 6.45) is 1.68. The summed E-state index contributed by atoms with van der Waals surface area (Å²) in [6, 6.07) is 21.1. The molecule has 0 fully saturated rings. The van der Waals surface area contributed by atoms with E-state index in [9.17, 15) is 4.79 Å². The molecule has 0 atom stereocenters. The van der Waals surface area contributed by atoms with Crippen LogP contribution in [0.15, 0.2) is 72.9 Å². The number of carbonyl (C=O) groups excluding carboxylic acids is 1. The number of amides is 2. The minimum atomic E-state index is -0.309. The van der Waals surface area contributed by atoms with Gasteiger partial charge in [-0.2, -0.15) is 5.26 Å². The highest BCUT2D eigenvalue weighted by Gasteiger charge is 2.03. The topological polar surface area (TPSA) is 87.0 Å². The van der Waals surface area contributed by atoms with E-state index in [1.54, 1.807) is 54.7 Å². The minimum Gasteiger partial charge on any atom is -0.457 e. The van der Waals surface area contributed by atoms with Crippen LogP contribution in [0.4, 0.5) is 10.5 Å². The van der Waals surface area contributed by atoms with Gasteiger partial charge in [-0.05, 0) is 60.7 Å². The Hall–Kier alpha value is -3.85. The summed E-state index contributed by atoms with van der Waals surface area (Å²) in [5, 5.41) is 14.3. The normalized spacial score (nSPS) is 9.81. The van der Waals surface area contributed by atoms with E-state index >= 15 is 0 Å². The van der Waals surface area contributed by atoms with Crippen LogP contribution in [0.5, 0.6) is 11.5 Å². The van der Waals surface area contributed by atoms with Crippen LogP contribution >= 0.6 is 0 Å². The van der Waals surface area contributed by atoms with Crippen molar-refractivity contribution in [1.82, 2.24) is 10.3 Å². The number of ether oxygens (including phenoxy) is 1. The summed E-state index contributed by atoms with van der Waals surface area (Å²) in [7, 11) is 0. The molecule has 6 nitrogen and oxygen atoms in total. The third-order valence-electron chi connectivity index (χ3n) is 3.49. The molecule has 0 aliphatic carbocycles. The maximum absolute atomic E-state index is 11.9. The molecule has 0 saturated carbocycles. The third kappa shape index (κ3) is 4.82. The number of nitriles is 1. The first-order valence-electron chi connectivity index (χ1n) is 7.96. The van der Waals surface area contributed by atoms with Crippen LogP contribution in [0.3, 0.4) is 0 Å².